The molecule has 1 nitrogen and oxygen atoms in total. The maximum absolute atomic E-state index is 5.84. The Morgan fingerprint density at radius 3 is 2.25 bits per heavy atom. The van der Waals surface area contributed by atoms with Crippen molar-refractivity contribution < 1.29 is 0 Å². The van der Waals surface area contributed by atoms with Gasteiger partial charge in [0.1, 0.15) is 0 Å². The molecule has 0 aliphatic rings. The molecule has 1 atom stereocenters. The maximum Gasteiger partial charge on any atom is 0.0292 e. The lowest BCUT2D eigenvalue weighted by Crippen LogP contribution is -2.07. The van der Waals surface area contributed by atoms with E-state index in [2.05, 4.69) is 53.8 Å². The summed E-state index contributed by atoms with van der Waals surface area (Å²) in [6.07, 6.45) is 1.00. The van der Waals surface area contributed by atoms with E-state index in [4.69, 9.17) is 5.73 Å². The highest BCUT2D eigenvalue weighted by atomic mass is 127. The molecule has 0 aliphatic heterocycles. The third kappa shape index (κ3) is 3.29. The minimum Gasteiger partial charge on any atom is -0.324 e. The van der Waals surface area contributed by atoms with Gasteiger partial charge in [-0.1, -0.05) is 19.1 Å². The fourth-order valence-electron chi connectivity index (χ4n) is 0.946. The average Bonchev–Trinajstić information content (AvgIpc) is 2.05. The molecule has 68 valence electrons. The summed E-state index contributed by atoms with van der Waals surface area (Å²) in [4.78, 5) is 0. The number of benzene rings is 1. The predicted octanol–water partition coefficient (Wildman–Crippen LogP) is 3.12. The van der Waals surface area contributed by atoms with Gasteiger partial charge in [0, 0.05) is 9.61 Å². The predicted molar refractivity (Wildman–Crippen MR) is 63.6 cm³/mol. The lowest BCUT2D eigenvalue weighted by Gasteiger charge is -2.07. The second-order valence-corrected chi connectivity index (χ2v) is 3.81. The van der Waals surface area contributed by atoms with E-state index in [1.54, 1.807) is 0 Å². The van der Waals surface area contributed by atoms with Gasteiger partial charge in [0.05, 0.1) is 0 Å². The van der Waals surface area contributed by atoms with Gasteiger partial charge in [0.2, 0.25) is 0 Å². The van der Waals surface area contributed by atoms with Crippen LogP contribution in [0.1, 0.15) is 24.9 Å². The van der Waals surface area contributed by atoms with Crippen LogP contribution in [0.2, 0.25) is 0 Å². The Morgan fingerprint density at radius 1 is 1.33 bits per heavy atom. The Kier molecular flexibility index (Phi) is 5.88. The van der Waals surface area contributed by atoms with E-state index in [0.29, 0.717) is 0 Å². The van der Waals surface area contributed by atoms with Crippen LogP contribution in [0.4, 0.5) is 0 Å². The van der Waals surface area contributed by atoms with E-state index in [0.717, 1.165) is 6.42 Å². The van der Waals surface area contributed by atoms with E-state index >= 15 is 0 Å². The lowest BCUT2D eigenvalue weighted by molar-refractivity contribution is 0.698. The van der Waals surface area contributed by atoms with Gasteiger partial charge >= 0.3 is 0 Å². The Balaban J connectivity index is 0.00000121. The number of nitrogens with two attached hydrogens (primary N) is 1. The van der Waals surface area contributed by atoms with Crippen LogP contribution in [0, 0.1) is 3.57 Å². The zero-order valence-corrected chi connectivity index (χ0v) is 9.93. The molecule has 1 aromatic carbocycles. The summed E-state index contributed by atoms with van der Waals surface area (Å²) >= 11 is 2.29. The Hall–Kier alpha value is 0.200. The van der Waals surface area contributed by atoms with Gasteiger partial charge in [0.25, 0.3) is 0 Å². The van der Waals surface area contributed by atoms with Crippen LogP contribution < -0.4 is 5.73 Å². The Labute approximate surface area is 93.3 Å². The molecule has 12 heavy (non-hydrogen) atoms. The van der Waals surface area contributed by atoms with Crippen LogP contribution in [0.5, 0.6) is 0 Å². The van der Waals surface area contributed by atoms with Crippen molar-refractivity contribution in [3.8, 4) is 0 Å². The SMILES string of the molecule is CC[C@H](N)c1ccc(I)cc1.Cl. The molecule has 0 aromatic heterocycles. The van der Waals surface area contributed by atoms with Crippen molar-refractivity contribution in [3.63, 3.8) is 0 Å². The molecule has 0 amide bonds. The van der Waals surface area contributed by atoms with Crippen molar-refractivity contribution in [2.45, 2.75) is 19.4 Å². The summed E-state index contributed by atoms with van der Waals surface area (Å²) in [6.45, 7) is 2.10. The fourth-order valence-corrected chi connectivity index (χ4v) is 1.31. The summed E-state index contributed by atoms with van der Waals surface area (Å²) in [5, 5.41) is 0. The minimum absolute atomic E-state index is 0. The Morgan fingerprint density at radius 2 is 1.83 bits per heavy atom. The van der Waals surface area contributed by atoms with Gasteiger partial charge in [-0.2, -0.15) is 0 Å². The van der Waals surface area contributed by atoms with E-state index in [9.17, 15) is 0 Å². The van der Waals surface area contributed by atoms with Crippen LogP contribution in [-0.2, 0) is 0 Å². The summed E-state index contributed by atoms with van der Waals surface area (Å²) < 4.78 is 1.26. The summed E-state index contributed by atoms with van der Waals surface area (Å²) in [5.41, 5.74) is 7.07. The number of hydrogen-bond donors (Lipinski definition) is 1. The normalized spacial score (nSPS) is 11.9. The average molecular weight is 298 g/mol. The van der Waals surface area contributed by atoms with Crippen LogP contribution in [-0.4, -0.2) is 0 Å². The molecule has 0 spiro atoms. The van der Waals surface area contributed by atoms with Crippen LogP contribution in [0.3, 0.4) is 0 Å². The van der Waals surface area contributed by atoms with E-state index < -0.39 is 0 Å². The molecule has 0 heterocycles. The lowest BCUT2D eigenvalue weighted by atomic mass is 10.1. The molecular formula is C9H13ClIN. The van der Waals surface area contributed by atoms with Gasteiger partial charge in [-0.3, -0.25) is 0 Å². The molecule has 2 N–H and O–H groups in total. The summed E-state index contributed by atoms with van der Waals surface area (Å²) in [5.74, 6) is 0. The topological polar surface area (TPSA) is 26.0 Å². The van der Waals surface area contributed by atoms with Gasteiger partial charge in [0.15, 0.2) is 0 Å². The highest BCUT2D eigenvalue weighted by Gasteiger charge is 2.00. The van der Waals surface area contributed by atoms with Crippen LogP contribution in [0.25, 0.3) is 0 Å². The second kappa shape index (κ2) is 5.78. The van der Waals surface area contributed by atoms with E-state index in [1.807, 2.05) is 0 Å². The van der Waals surface area contributed by atoms with Crippen LogP contribution >= 0.6 is 35.0 Å². The maximum atomic E-state index is 5.84. The van der Waals surface area contributed by atoms with Crippen molar-refractivity contribution in [2.75, 3.05) is 0 Å². The molecule has 0 saturated carbocycles. The van der Waals surface area contributed by atoms with Crippen LogP contribution in [0.15, 0.2) is 24.3 Å². The molecular weight excluding hydrogens is 284 g/mol. The summed E-state index contributed by atoms with van der Waals surface area (Å²) in [7, 11) is 0. The third-order valence-electron chi connectivity index (χ3n) is 1.74. The highest BCUT2D eigenvalue weighted by molar-refractivity contribution is 14.1. The molecule has 0 radical (unpaired) electrons. The first-order valence-corrected chi connectivity index (χ1v) is 4.83. The van der Waals surface area contributed by atoms with Gasteiger partial charge in [-0.25, -0.2) is 0 Å². The van der Waals surface area contributed by atoms with Crippen molar-refractivity contribution in [1.82, 2.24) is 0 Å². The Bertz CT molecular complexity index is 222. The zero-order valence-electron chi connectivity index (χ0n) is 6.96. The van der Waals surface area contributed by atoms with E-state index in [-0.39, 0.29) is 18.4 Å². The number of hydrogen-bond acceptors (Lipinski definition) is 1. The molecule has 0 saturated heterocycles. The van der Waals surface area contributed by atoms with Gasteiger partial charge < -0.3 is 5.73 Å². The first-order chi connectivity index (χ1) is 5.24. The third-order valence-corrected chi connectivity index (χ3v) is 2.46. The van der Waals surface area contributed by atoms with E-state index in [1.165, 1.54) is 9.13 Å². The molecule has 1 rings (SSSR count). The molecule has 0 aliphatic carbocycles. The first kappa shape index (κ1) is 12.2. The smallest absolute Gasteiger partial charge is 0.0292 e. The molecule has 0 unspecified atom stereocenters. The second-order valence-electron chi connectivity index (χ2n) is 2.57. The van der Waals surface area contributed by atoms with Crippen molar-refractivity contribution in [1.29, 1.82) is 0 Å². The zero-order chi connectivity index (χ0) is 8.27. The monoisotopic (exact) mass is 297 g/mol. The number of halogens is 2. The van der Waals surface area contributed by atoms with Gasteiger partial charge in [-0.05, 0) is 46.7 Å². The standard InChI is InChI=1S/C9H12IN.ClH/c1-2-9(11)7-3-5-8(10)6-4-7;/h3-6,9H,2,11H2,1H3;1H/t9-;/m0./s1. The summed E-state index contributed by atoms with van der Waals surface area (Å²) in [6, 6.07) is 8.56. The quantitative estimate of drug-likeness (QED) is 0.834. The molecule has 0 bridgehead atoms. The van der Waals surface area contributed by atoms with Crippen molar-refractivity contribution >= 4 is 35.0 Å². The van der Waals surface area contributed by atoms with Crippen molar-refractivity contribution in [3.05, 3.63) is 33.4 Å². The fraction of sp³-hybridized carbons (Fsp3) is 0.333. The van der Waals surface area contributed by atoms with Crippen molar-refractivity contribution in [2.24, 2.45) is 5.73 Å². The highest BCUT2D eigenvalue weighted by Crippen LogP contribution is 2.14. The molecule has 0 fully saturated rings. The molecule has 3 heteroatoms. The largest absolute Gasteiger partial charge is 0.324 e. The first-order valence-electron chi connectivity index (χ1n) is 3.75. The number of rotatable bonds is 2. The van der Waals surface area contributed by atoms with Gasteiger partial charge in [-0.15, -0.1) is 12.4 Å². The minimum atomic E-state index is 0. The molecule has 1 aromatic rings.